The first-order valence-electron chi connectivity index (χ1n) is 8.75. The van der Waals surface area contributed by atoms with E-state index in [1.54, 1.807) is 12.1 Å². The van der Waals surface area contributed by atoms with Gasteiger partial charge in [0.25, 0.3) is 6.47 Å². The molecule has 0 aliphatic carbocycles. The van der Waals surface area contributed by atoms with E-state index in [4.69, 9.17) is 15.6 Å². The van der Waals surface area contributed by atoms with Crippen molar-refractivity contribution < 1.29 is 23.9 Å². The standard InChI is InChI=1S/C19H28FNO2.CH2O2/c1-19(2,3)18(16(22)6-4-5-13-21)17(23)12-9-14-7-10-15(20)11-8-14;2-1-3/h7-8,10-11,18H,4-6,9,12-13,21H2,1-3H3;1H,(H,2,3). The van der Waals surface area contributed by atoms with Gasteiger partial charge in [-0.25, -0.2) is 4.39 Å². The number of aryl methyl sites for hydroxylation is 1. The number of nitrogens with two attached hydrogens (primary N) is 1. The molecule has 0 spiro atoms. The lowest BCUT2D eigenvalue weighted by atomic mass is 9.73. The molecule has 1 aromatic carbocycles. The number of carboxylic acid groups (broad SMARTS) is 1. The van der Waals surface area contributed by atoms with Gasteiger partial charge in [-0.2, -0.15) is 0 Å². The van der Waals surface area contributed by atoms with E-state index in [0.717, 1.165) is 18.4 Å². The van der Waals surface area contributed by atoms with Gasteiger partial charge in [-0.05, 0) is 48.9 Å². The van der Waals surface area contributed by atoms with Gasteiger partial charge in [0.05, 0.1) is 5.92 Å². The minimum Gasteiger partial charge on any atom is -0.483 e. The van der Waals surface area contributed by atoms with E-state index in [-0.39, 0.29) is 29.3 Å². The van der Waals surface area contributed by atoms with E-state index < -0.39 is 5.92 Å². The van der Waals surface area contributed by atoms with Crippen molar-refractivity contribution in [3.8, 4) is 0 Å². The van der Waals surface area contributed by atoms with Crippen LogP contribution in [0.1, 0.15) is 52.0 Å². The summed E-state index contributed by atoms with van der Waals surface area (Å²) in [5, 5.41) is 6.89. The second kappa shape index (κ2) is 12.3. The highest BCUT2D eigenvalue weighted by Crippen LogP contribution is 2.30. The Balaban J connectivity index is 0.00000194. The number of unbranched alkanes of at least 4 members (excludes halogenated alkanes) is 1. The summed E-state index contributed by atoms with van der Waals surface area (Å²) >= 11 is 0. The third kappa shape index (κ3) is 9.42. The Hall–Kier alpha value is -2.08. The van der Waals surface area contributed by atoms with E-state index in [9.17, 15) is 14.0 Å². The molecule has 1 atom stereocenters. The van der Waals surface area contributed by atoms with E-state index in [1.165, 1.54) is 12.1 Å². The van der Waals surface area contributed by atoms with Gasteiger partial charge < -0.3 is 10.8 Å². The van der Waals surface area contributed by atoms with Gasteiger partial charge in [0, 0.05) is 12.8 Å². The summed E-state index contributed by atoms with van der Waals surface area (Å²) in [5.74, 6) is -0.891. The lowest BCUT2D eigenvalue weighted by Crippen LogP contribution is -2.35. The summed E-state index contributed by atoms with van der Waals surface area (Å²) in [4.78, 5) is 33.4. The van der Waals surface area contributed by atoms with Crippen LogP contribution in [-0.4, -0.2) is 29.7 Å². The molecule has 5 nitrogen and oxygen atoms in total. The maximum Gasteiger partial charge on any atom is 0.290 e. The van der Waals surface area contributed by atoms with Crippen LogP contribution in [0.2, 0.25) is 0 Å². The summed E-state index contributed by atoms with van der Waals surface area (Å²) in [6.07, 6.45) is 2.76. The van der Waals surface area contributed by atoms with Crippen LogP contribution >= 0.6 is 0 Å². The predicted octanol–water partition coefficient (Wildman–Crippen LogP) is 3.39. The summed E-state index contributed by atoms with van der Waals surface area (Å²) in [7, 11) is 0. The first-order chi connectivity index (χ1) is 12.2. The van der Waals surface area contributed by atoms with Crippen LogP contribution in [0.25, 0.3) is 0 Å². The molecule has 3 N–H and O–H groups in total. The quantitative estimate of drug-likeness (QED) is 0.396. The first kappa shape index (κ1) is 23.9. The smallest absolute Gasteiger partial charge is 0.290 e. The van der Waals surface area contributed by atoms with Crippen LogP contribution in [0.15, 0.2) is 24.3 Å². The number of rotatable bonds is 9. The van der Waals surface area contributed by atoms with E-state index >= 15 is 0 Å². The summed E-state index contributed by atoms with van der Waals surface area (Å²) < 4.78 is 12.9. The number of benzene rings is 1. The largest absolute Gasteiger partial charge is 0.483 e. The molecule has 1 unspecified atom stereocenters. The van der Waals surface area contributed by atoms with E-state index in [2.05, 4.69) is 0 Å². The van der Waals surface area contributed by atoms with Crippen LogP contribution in [0.3, 0.4) is 0 Å². The third-order valence-electron chi connectivity index (χ3n) is 3.96. The molecule has 0 fully saturated rings. The van der Waals surface area contributed by atoms with Crippen molar-refractivity contribution in [2.24, 2.45) is 17.1 Å². The molecule has 0 heterocycles. The molecular weight excluding hydrogens is 337 g/mol. The van der Waals surface area contributed by atoms with Crippen LogP contribution in [0.4, 0.5) is 4.39 Å². The zero-order valence-electron chi connectivity index (χ0n) is 15.8. The molecule has 0 radical (unpaired) electrons. The fourth-order valence-corrected chi connectivity index (χ4v) is 2.80. The zero-order chi connectivity index (χ0) is 20.2. The molecule has 0 aliphatic rings. The maximum absolute atomic E-state index is 12.9. The maximum atomic E-state index is 12.9. The fourth-order valence-electron chi connectivity index (χ4n) is 2.80. The predicted molar refractivity (Wildman–Crippen MR) is 99.3 cm³/mol. The second-order valence-corrected chi connectivity index (χ2v) is 7.21. The molecule has 0 saturated carbocycles. The SMILES string of the molecule is CC(C)(C)C(C(=O)CCCCN)C(=O)CCc1ccc(F)cc1.O=CO. The Morgan fingerprint density at radius 1 is 1.12 bits per heavy atom. The number of carbonyl (C=O) groups excluding carboxylic acids is 2. The Labute approximate surface area is 154 Å². The van der Waals surface area contributed by atoms with Gasteiger partial charge >= 0.3 is 0 Å². The topological polar surface area (TPSA) is 97.5 Å². The van der Waals surface area contributed by atoms with Crippen molar-refractivity contribution in [1.29, 1.82) is 0 Å². The van der Waals surface area contributed by atoms with Crippen molar-refractivity contribution in [1.82, 2.24) is 0 Å². The normalized spacial score (nSPS) is 11.9. The van der Waals surface area contributed by atoms with Crippen LogP contribution in [0, 0.1) is 17.2 Å². The number of Topliss-reactive ketones (excluding diaryl/α,β-unsaturated/α-hetero) is 2. The van der Waals surface area contributed by atoms with Crippen molar-refractivity contribution in [3.63, 3.8) is 0 Å². The molecule has 0 aliphatic heterocycles. The molecule has 26 heavy (non-hydrogen) atoms. The zero-order valence-corrected chi connectivity index (χ0v) is 15.8. The summed E-state index contributed by atoms with van der Waals surface area (Å²) in [5.41, 5.74) is 5.97. The molecule has 1 rings (SSSR count). The van der Waals surface area contributed by atoms with Crippen molar-refractivity contribution in [2.75, 3.05) is 6.54 Å². The van der Waals surface area contributed by atoms with Crippen LogP contribution < -0.4 is 5.73 Å². The van der Waals surface area contributed by atoms with Crippen molar-refractivity contribution >= 4 is 18.0 Å². The van der Waals surface area contributed by atoms with Crippen LogP contribution in [-0.2, 0) is 20.8 Å². The molecule has 0 saturated heterocycles. The van der Waals surface area contributed by atoms with Gasteiger partial charge in [0.2, 0.25) is 0 Å². The minimum atomic E-state index is -0.583. The molecule has 0 bridgehead atoms. The number of hydrogen-bond donors (Lipinski definition) is 2. The Kier molecular flexibility index (Phi) is 11.3. The number of carbonyl (C=O) groups is 3. The van der Waals surface area contributed by atoms with Crippen LogP contribution in [0.5, 0.6) is 0 Å². The van der Waals surface area contributed by atoms with E-state index in [1.807, 2.05) is 20.8 Å². The average Bonchev–Trinajstić information content (AvgIpc) is 2.54. The van der Waals surface area contributed by atoms with Gasteiger partial charge in [-0.1, -0.05) is 32.9 Å². The summed E-state index contributed by atoms with van der Waals surface area (Å²) in [6.45, 7) is 6.09. The highest BCUT2D eigenvalue weighted by molar-refractivity contribution is 6.03. The Morgan fingerprint density at radius 3 is 2.08 bits per heavy atom. The molecule has 146 valence electrons. The van der Waals surface area contributed by atoms with E-state index in [0.29, 0.717) is 25.8 Å². The molecule has 1 aromatic rings. The third-order valence-corrected chi connectivity index (χ3v) is 3.96. The monoisotopic (exact) mass is 367 g/mol. The lowest BCUT2D eigenvalue weighted by Gasteiger charge is -2.28. The van der Waals surface area contributed by atoms with Gasteiger partial charge in [-0.15, -0.1) is 0 Å². The molecule has 0 aromatic heterocycles. The Morgan fingerprint density at radius 2 is 1.62 bits per heavy atom. The average molecular weight is 367 g/mol. The Bertz CT molecular complexity index is 564. The van der Waals surface area contributed by atoms with Crippen molar-refractivity contribution in [3.05, 3.63) is 35.6 Å². The van der Waals surface area contributed by atoms with Gasteiger partial charge in [0.15, 0.2) is 0 Å². The molecule has 6 heteroatoms. The number of halogens is 1. The lowest BCUT2D eigenvalue weighted by molar-refractivity contribution is -0.137. The molecular formula is C20H30FNO4. The fraction of sp³-hybridized carbons (Fsp3) is 0.550. The molecule has 0 amide bonds. The highest BCUT2D eigenvalue weighted by Gasteiger charge is 2.36. The second-order valence-electron chi connectivity index (χ2n) is 7.21. The highest BCUT2D eigenvalue weighted by atomic mass is 19.1. The summed E-state index contributed by atoms with van der Waals surface area (Å²) in [6, 6.07) is 6.13. The first-order valence-corrected chi connectivity index (χ1v) is 8.75. The van der Waals surface area contributed by atoms with Crippen molar-refractivity contribution in [2.45, 2.75) is 52.9 Å². The van der Waals surface area contributed by atoms with Gasteiger partial charge in [-0.3, -0.25) is 14.4 Å². The minimum absolute atomic E-state index is 0.00931. The number of hydrogen-bond acceptors (Lipinski definition) is 4. The number of ketones is 2. The van der Waals surface area contributed by atoms with Gasteiger partial charge in [0.1, 0.15) is 17.4 Å².